The minimum Gasteiger partial charge on any atom is -0.383 e. The number of hydrogen-bond donors (Lipinski definition) is 1. The highest BCUT2D eigenvalue weighted by molar-refractivity contribution is 9.10. The zero-order valence-corrected chi connectivity index (χ0v) is 11.5. The highest BCUT2D eigenvalue weighted by Gasteiger charge is 2.28. The number of hydrogen-bond acceptors (Lipinski definition) is 4. The van der Waals surface area contributed by atoms with Crippen LogP contribution in [0.3, 0.4) is 0 Å². The summed E-state index contributed by atoms with van der Waals surface area (Å²) in [6.07, 6.45) is 3.98. The van der Waals surface area contributed by atoms with Gasteiger partial charge in [-0.15, -0.1) is 0 Å². The molecular weight excluding hydrogens is 286 g/mol. The highest BCUT2D eigenvalue weighted by atomic mass is 79.9. The Morgan fingerprint density at radius 3 is 3.24 bits per heavy atom. The molecule has 0 saturated carbocycles. The molecule has 0 spiro atoms. The lowest BCUT2D eigenvalue weighted by atomic mass is 10.1. The molecule has 1 aliphatic rings. The third-order valence-corrected chi connectivity index (χ3v) is 3.63. The zero-order chi connectivity index (χ0) is 12.3. The maximum atomic E-state index is 6.26. The Morgan fingerprint density at radius 1 is 1.76 bits per heavy atom. The fraction of sp³-hybridized carbons (Fsp3) is 0.727. The minimum atomic E-state index is -0.133. The van der Waals surface area contributed by atoms with Crippen molar-refractivity contribution in [2.24, 2.45) is 5.73 Å². The topological polar surface area (TPSA) is 62.3 Å². The minimum absolute atomic E-state index is 0.101. The van der Waals surface area contributed by atoms with Crippen molar-refractivity contribution in [1.29, 1.82) is 0 Å². The second-order valence-corrected chi connectivity index (χ2v) is 5.03. The van der Waals surface area contributed by atoms with Crippen molar-refractivity contribution >= 4 is 15.9 Å². The lowest BCUT2D eigenvalue weighted by Gasteiger charge is -2.20. The average Bonchev–Trinajstić information content (AvgIpc) is 2.95. The first kappa shape index (κ1) is 13.0. The van der Waals surface area contributed by atoms with Crippen LogP contribution in [0.5, 0.6) is 0 Å². The van der Waals surface area contributed by atoms with Crippen molar-refractivity contribution < 1.29 is 9.47 Å². The van der Waals surface area contributed by atoms with Gasteiger partial charge in [-0.1, -0.05) is 0 Å². The fourth-order valence-corrected chi connectivity index (χ4v) is 2.68. The first-order valence-electron chi connectivity index (χ1n) is 5.81. The maximum absolute atomic E-state index is 6.26. The molecule has 1 fully saturated rings. The van der Waals surface area contributed by atoms with Crippen LogP contribution < -0.4 is 5.73 Å². The van der Waals surface area contributed by atoms with Gasteiger partial charge in [-0.2, -0.15) is 5.10 Å². The Balaban J connectivity index is 2.14. The lowest BCUT2D eigenvalue weighted by Crippen LogP contribution is -2.29. The Hall–Kier alpha value is -0.430. The van der Waals surface area contributed by atoms with E-state index in [1.54, 1.807) is 13.3 Å². The standard InChI is InChI=1S/C11H18BrN3O2/c1-16-6-4-15-11(8(12)7-14-15)10(13)9-3-2-5-17-9/h7,9-10H,2-6,13H2,1H3. The smallest absolute Gasteiger partial charge is 0.0784 e. The number of aromatic nitrogens is 2. The summed E-state index contributed by atoms with van der Waals surface area (Å²) in [5.41, 5.74) is 7.26. The van der Waals surface area contributed by atoms with Gasteiger partial charge in [0.1, 0.15) is 0 Å². The van der Waals surface area contributed by atoms with Gasteiger partial charge in [0.05, 0.1) is 41.7 Å². The summed E-state index contributed by atoms with van der Waals surface area (Å²) in [7, 11) is 1.68. The summed E-state index contributed by atoms with van der Waals surface area (Å²) < 4.78 is 13.5. The molecule has 2 rings (SSSR count). The normalized spacial score (nSPS) is 21.9. The Morgan fingerprint density at radius 2 is 2.59 bits per heavy atom. The molecule has 0 aliphatic carbocycles. The van der Waals surface area contributed by atoms with Gasteiger partial charge in [0.15, 0.2) is 0 Å². The van der Waals surface area contributed by atoms with Crippen molar-refractivity contribution in [3.63, 3.8) is 0 Å². The van der Waals surface area contributed by atoms with Gasteiger partial charge in [0.2, 0.25) is 0 Å². The molecule has 0 amide bonds. The van der Waals surface area contributed by atoms with Gasteiger partial charge < -0.3 is 15.2 Å². The van der Waals surface area contributed by atoms with E-state index >= 15 is 0 Å². The molecule has 6 heteroatoms. The van der Waals surface area contributed by atoms with Crippen molar-refractivity contribution in [3.8, 4) is 0 Å². The van der Waals surface area contributed by atoms with Crippen LogP contribution in [0.2, 0.25) is 0 Å². The quantitative estimate of drug-likeness (QED) is 0.895. The van der Waals surface area contributed by atoms with E-state index in [1.165, 1.54) is 0 Å². The third-order valence-electron chi connectivity index (χ3n) is 3.02. The number of rotatable bonds is 5. The van der Waals surface area contributed by atoms with E-state index in [4.69, 9.17) is 15.2 Å². The highest BCUT2D eigenvalue weighted by Crippen LogP contribution is 2.29. The van der Waals surface area contributed by atoms with E-state index in [2.05, 4.69) is 21.0 Å². The molecule has 1 aromatic rings. The Labute approximate surface area is 109 Å². The molecule has 17 heavy (non-hydrogen) atoms. The molecule has 2 unspecified atom stereocenters. The molecule has 0 aromatic carbocycles. The lowest BCUT2D eigenvalue weighted by molar-refractivity contribution is 0.0865. The first-order valence-corrected chi connectivity index (χ1v) is 6.60. The summed E-state index contributed by atoms with van der Waals surface area (Å²) in [4.78, 5) is 0. The molecule has 1 aromatic heterocycles. The number of methoxy groups -OCH3 is 1. The van der Waals surface area contributed by atoms with Gasteiger partial charge in [0, 0.05) is 13.7 Å². The Kier molecular flexibility index (Phi) is 4.55. The maximum Gasteiger partial charge on any atom is 0.0784 e. The van der Waals surface area contributed by atoms with E-state index in [-0.39, 0.29) is 12.1 Å². The van der Waals surface area contributed by atoms with Gasteiger partial charge in [0.25, 0.3) is 0 Å². The van der Waals surface area contributed by atoms with E-state index in [9.17, 15) is 0 Å². The molecule has 96 valence electrons. The van der Waals surface area contributed by atoms with E-state index in [0.717, 1.165) is 29.6 Å². The number of nitrogens with two attached hydrogens (primary N) is 1. The van der Waals surface area contributed by atoms with Crippen LogP contribution in [0.1, 0.15) is 24.6 Å². The van der Waals surface area contributed by atoms with Crippen LogP contribution in [0.25, 0.3) is 0 Å². The molecule has 1 aliphatic heterocycles. The largest absolute Gasteiger partial charge is 0.383 e. The predicted octanol–water partition coefficient (Wildman–Crippen LogP) is 1.47. The van der Waals surface area contributed by atoms with Crippen molar-refractivity contribution in [2.75, 3.05) is 20.3 Å². The van der Waals surface area contributed by atoms with E-state index in [0.29, 0.717) is 13.2 Å². The second kappa shape index (κ2) is 5.95. The van der Waals surface area contributed by atoms with Crippen LogP contribution >= 0.6 is 15.9 Å². The van der Waals surface area contributed by atoms with Crippen LogP contribution in [-0.4, -0.2) is 36.2 Å². The molecule has 0 bridgehead atoms. The fourth-order valence-electron chi connectivity index (χ4n) is 2.12. The molecule has 5 nitrogen and oxygen atoms in total. The SMILES string of the molecule is COCCn1ncc(Br)c1C(N)C1CCCO1. The van der Waals surface area contributed by atoms with Crippen molar-refractivity contribution in [1.82, 2.24) is 9.78 Å². The summed E-state index contributed by atoms with van der Waals surface area (Å²) in [5, 5.41) is 4.30. The molecule has 2 N–H and O–H groups in total. The van der Waals surface area contributed by atoms with Crippen LogP contribution in [0, 0.1) is 0 Å². The molecule has 2 heterocycles. The third kappa shape index (κ3) is 2.88. The van der Waals surface area contributed by atoms with Gasteiger partial charge >= 0.3 is 0 Å². The summed E-state index contributed by atoms with van der Waals surface area (Å²) in [6, 6.07) is -0.133. The summed E-state index contributed by atoms with van der Waals surface area (Å²) in [6.45, 7) is 2.14. The monoisotopic (exact) mass is 303 g/mol. The van der Waals surface area contributed by atoms with Crippen molar-refractivity contribution in [3.05, 3.63) is 16.4 Å². The molecule has 1 saturated heterocycles. The van der Waals surface area contributed by atoms with Crippen LogP contribution in [0.15, 0.2) is 10.7 Å². The number of ether oxygens (including phenoxy) is 2. The van der Waals surface area contributed by atoms with E-state index < -0.39 is 0 Å². The molecule has 2 atom stereocenters. The van der Waals surface area contributed by atoms with Crippen molar-refractivity contribution in [2.45, 2.75) is 31.5 Å². The van der Waals surface area contributed by atoms with Gasteiger partial charge in [-0.25, -0.2) is 0 Å². The van der Waals surface area contributed by atoms with Crippen LogP contribution in [0.4, 0.5) is 0 Å². The zero-order valence-electron chi connectivity index (χ0n) is 9.93. The molecular formula is C11H18BrN3O2. The average molecular weight is 304 g/mol. The Bertz CT molecular complexity index is 364. The number of nitrogens with zero attached hydrogens (tertiary/aromatic N) is 2. The predicted molar refractivity (Wildman–Crippen MR) is 67.7 cm³/mol. The van der Waals surface area contributed by atoms with Gasteiger partial charge in [-0.05, 0) is 28.8 Å². The summed E-state index contributed by atoms with van der Waals surface area (Å²) >= 11 is 3.50. The van der Waals surface area contributed by atoms with Gasteiger partial charge in [-0.3, -0.25) is 4.68 Å². The second-order valence-electron chi connectivity index (χ2n) is 4.17. The molecule has 0 radical (unpaired) electrons. The van der Waals surface area contributed by atoms with Crippen LogP contribution in [-0.2, 0) is 16.0 Å². The van der Waals surface area contributed by atoms with E-state index in [1.807, 2.05) is 4.68 Å². The summed E-state index contributed by atoms with van der Waals surface area (Å²) in [5.74, 6) is 0. The number of halogens is 1. The first-order chi connectivity index (χ1) is 8.24.